The van der Waals surface area contributed by atoms with Crippen molar-refractivity contribution >= 4 is 17.7 Å². The van der Waals surface area contributed by atoms with E-state index in [2.05, 4.69) is 5.32 Å². The maximum Gasteiger partial charge on any atom is 0.338 e. The molecule has 0 heterocycles. The number of esters is 1. The van der Waals surface area contributed by atoms with Crippen molar-refractivity contribution in [1.82, 2.24) is 0 Å². The van der Waals surface area contributed by atoms with Crippen LogP contribution in [-0.4, -0.2) is 31.8 Å². The number of primary amides is 1. The predicted octanol–water partition coefficient (Wildman–Crippen LogP) is 2.81. The van der Waals surface area contributed by atoms with E-state index in [-0.39, 0.29) is 13.2 Å². The number of carbonyl (C=O) groups excluding carboxylic acids is 2. The lowest BCUT2D eigenvalue weighted by atomic mass is 10.2. The lowest BCUT2D eigenvalue weighted by Gasteiger charge is -2.09. The summed E-state index contributed by atoms with van der Waals surface area (Å²) in [6, 6.07) is 12.8. The van der Waals surface area contributed by atoms with E-state index in [1.54, 1.807) is 30.3 Å². The molecule has 0 aromatic heterocycles. The Morgan fingerprint density at radius 3 is 2.32 bits per heavy atom. The van der Waals surface area contributed by atoms with Gasteiger partial charge in [0.2, 0.25) is 0 Å². The third kappa shape index (κ3) is 6.06. The average molecular weight is 344 g/mol. The van der Waals surface area contributed by atoms with Gasteiger partial charge < -0.3 is 25.3 Å². The van der Waals surface area contributed by atoms with E-state index in [0.29, 0.717) is 23.6 Å². The van der Waals surface area contributed by atoms with Crippen LogP contribution in [0.4, 0.5) is 10.5 Å². The van der Waals surface area contributed by atoms with Gasteiger partial charge in [0.1, 0.15) is 24.7 Å². The van der Waals surface area contributed by atoms with Crippen LogP contribution >= 0.6 is 0 Å². The molecule has 0 radical (unpaired) electrons. The number of amides is 2. The van der Waals surface area contributed by atoms with Gasteiger partial charge in [-0.3, -0.25) is 0 Å². The van der Waals surface area contributed by atoms with Crippen molar-refractivity contribution < 1.29 is 23.8 Å². The van der Waals surface area contributed by atoms with Crippen LogP contribution < -0.4 is 20.5 Å². The minimum Gasteiger partial charge on any atom is -0.494 e. The Morgan fingerprint density at radius 1 is 1.00 bits per heavy atom. The number of benzene rings is 2. The Bertz CT molecular complexity index is 716. The highest BCUT2D eigenvalue weighted by Gasteiger charge is 2.08. The fraction of sp³-hybridized carbons (Fsp3) is 0.222. The average Bonchev–Trinajstić information content (AvgIpc) is 2.60. The zero-order valence-corrected chi connectivity index (χ0v) is 13.9. The molecule has 7 nitrogen and oxygen atoms in total. The molecular weight excluding hydrogens is 324 g/mol. The molecule has 0 spiro atoms. The fourth-order valence-corrected chi connectivity index (χ4v) is 2.04. The molecule has 0 fully saturated rings. The number of ether oxygens (including phenoxy) is 3. The molecule has 2 rings (SSSR count). The van der Waals surface area contributed by atoms with Gasteiger partial charge in [0.25, 0.3) is 0 Å². The highest BCUT2D eigenvalue weighted by Crippen LogP contribution is 2.17. The van der Waals surface area contributed by atoms with E-state index in [4.69, 9.17) is 19.9 Å². The van der Waals surface area contributed by atoms with E-state index < -0.39 is 12.0 Å². The van der Waals surface area contributed by atoms with Gasteiger partial charge in [0.15, 0.2) is 0 Å². The van der Waals surface area contributed by atoms with Gasteiger partial charge in [0, 0.05) is 5.69 Å². The Balaban J connectivity index is 1.77. The second kappa shape index (κ2) is 9.17. The van der Waals surface area contributed by atoms with Crippen molar-refractivity contribution in [2.75, 3.05) is 25.1 Å². The summed E-state index contributed by atoms with van der Waals surface area (Å²) in [5.41, 5.74) is 5.78. The van der Waals surface area contributed by atoms with Crippen LogP contribution in [0.3, 0.4) is 0 Å². The minimum atomic E-state index is -0.700. The first-order chi connectivity index (χ1) is 12.1. The molecule has 0 unspecified atom stereocenters. The standard InChI is InChI=1S/C18H20N2O5/c1-2-23-15-6-8-16(9-7-15)24-10-11-25-17(21)13-4-3-5-14(12-13)20-18(19)22/h3-9,12H,2,10-11H2,1H3,(H3,19,20,22). The van der Waals surface area contributed by atoms with E-state index >= 15 is 0 Å². The van der Waals surface area contributed by atoms with Crippen molar-refractivity contribution in [1.29, 1.82) is 0 Å². The molecule has 0 aliphatic rings. The number of rotatable bonds is 8. The quantitative estimate of drug-likeness (QED) is 0.566. The van der Waals surface area contributed by atoms with Crippen molar-refractivity contribution in [2.45, 2.75) is 6.92 Å². The van der Waals surface area contributed by atoms with Crippen LogP contribution in [0.5, 0.6) is 11.5 Å². The van der Waals surface area contributed by atoms with Crippen LogP contribution in [0.2, 0.25) is 0 Å². The molecule has 0 aliphatic heterocycles. The monoisotopic (exact) mass is 344 g/mol. The van der Waals surface area contributed by atoms with E-state index in [9.17, 15) is 9.59 Å². The molecule has 25 heavy (non-hydrogen) atoms. The summed E-state index contributed by atoms with van der Waals surface area (Å²) < 4.78 is 16.0. The number of nitrogens with one attached hydrogen (secondary N) is 1. The van der Waals surface area contributed by atoms with Crippen molar-refractivity contribution in [3.8, 4) is 11.5 Å². The minimum absolute atomic E-state index is 0.0967. The molecule has 132 valence electrons. The lowest BCUT2D eigenvalue weighted by Crippen LogP contribution is -2.19. The smallest absolute Gasteiger partial charge is 0.338 e. The molecule has 0 saturated heterocycles. The van der Waals surface area contributed by atoms with E-state index in [1.807, 2.05) is 19.1 Å². The van der Waals surface area contributed by atoms with Crippen molar-refractivity contribution in [2.24, 2.45) is 5.73 Å². The highest BCUT2D eigenvalue weighted by molar-refractivity contribution is 5.93. The van der Waals surface area contributed by atoms with E-state index in [1.165, 1.54) is 6.07 Å². The molecule has 0 aliphatic carbocycles. The SMILES string of the molecule is CCOc1ccc(OCCOC(=O)c2cccc(NC(N)=O)c2)cc1. The first-order valence-electron chi connectivity index (χ1n) is 7.78. The zero-order chi connectivity index (χ0) is 18.1. The van der Waals surface area contributed by atoms with Crippen LogP contribution in [-0.2, 0) is 4.74 Å². The molecule has 7 heteroatoms. The number of nitrogens with two attached hydrogens (primary N) is 1. The normalized spacial score (nSPS) is 9.96. The maximum atomic E-state index is 12.0. The first kappa shape index (κ1) is 18.1. The van der Waals surface area contributed by atoms with Crippen molar-refractivity contribution in [3.05, 3.63) is 54.1 Å². The van der Waals surface area contributed by atoms with Gasteiger partial charge in [-0.1, -0.05) is 6.07 Å². The van der Waals surface area contributed by atoms with Gasteiger partial charge in [-0.05, 0) is 49.4 Å². The Morgan fingerprint density at radius 2 is 1.68 bits per heavy atom. The van der Waals surface area contributed by atoms with Crippen molar-refractivity contribution in [3.63, 3.8) is 0 Å². The summed E-state index contributed by atoms with van der Waals surface area (Å²) in [4.78, 5) is 22.8. The summed E-state index contributed by atoms with van der Waals surface area (Å²) in [7, 11) is 0. The second-order valence-electron chi connectivity index (χ2n) is 4.96. The molecule has 3 N–H and O–H groups in total. The number of hydrogen-bond donors (Lipinski definition) is 2. The third-order valence-electron chi connectivity index (χ3n) is 3.09. The maximum absolute atomic E-state index is 12.0. The molecule has 0 bridgehead atoms. The number of urea groups is 1. The Hall–Kier alpha value is -3.22. The van der Waals surface area contributed by atoms with Crippen LogP contribution in [0, 0.1) is 0 Å². The second-order valence-corrected chi connectivity index (χ2v) is 4.96. The topological polar surface area (TPSA) is 99.9 Å². The van der Waals surface area contributed by atoms with Crippen LogP contribution in [0.25, 0.3) is 0 Å². The Kier molecular flexibility index (Phi) is 6.65. The van der Waals surface area contributed by atoms with Crippen LogP contribution in [0.1, 0.15) is 17.3 Å². The number of carbonyl (C=O) groups is 2. The van der Waals surface area contributed by atoms with Gasteiger partial charge >= 0.3 is 12.0 Å². The fourth-order valence-electron chi connectivity index (χ4n) is 2.04. The first-order valence-corrected chi connectivity index (χ1v) is 7.78. The summed E-state index contributed by atoms with van der Waals surface area (Å²) in [5.74, 6) is 0.918. The van der Waals surface area contributed by atoms with Gasteiger partial charge in [-0.25, -0.2) is 9.59 Å². The number of anilines is 1. The summed E-state index contributed by atoms with van der Waals surface area (Å²) in [5, 5.41) is 2.40. The lowest BCUT2D eigenvalue weighted by molar-refractivity contribution is 0.0450. The predicted molar refractivity (Wildman–Crippen MR) is 93.0 cm³/mol. The largest absolute Gasteiger partial charge is 0.494 e. The highest BCUT2D eigenvalue weighted by atomic mass is 16.6. The van der Waals surface area contributed by atoms with Gasteiger partial charge in [-0.15, -0.1) is 0 Å². The third-order valence-corrected chi connectivity index (χ3v) is 3.09. The van der Waals surface area contributed by atoms with Gasteiger partial charge in [0.05, 0.1) is 12.2 Å². The molecular formula is C18H20N2O5. The molecule has 2 amide bonds. The summed E-state index contributed by atoms with van der Waals surface area (Å²) in [6.07, 6.45) is 0. The summed E-state index contributed by atoms with van der Waals surface area (Å²) in [6.45, 7) is 2.84. The van der Waals surface area contributed by atoms with Gasteiger partial charge in [-0.2, -0.15) is 0 Å². The zero-order valence-electron chi connectivity index (χ0n) is 13.9. The Labute approximate surface area is 145 Å². The van der Waals surface area contributed by atoms with E-state index in [0.717, 1.165) is 5.75 Å². The molecule has 2 aromatic carbocycles. The molecule has 0 saturated carbocycles. The molecule has 2 aromatic rings. The number of hydrogen-bond acceptors (Lipinski definition) is 5. The summed E-state index contributed by atoms with van der Waals surface area (Å²) >= 11 is 0. The molecule has 0 atom stereocenters. The van der Waals surface area contributed by atoms with Crippen LogP contribution in [0.15, 0.2) is 48.5 Å².